The zero-order chi connectivity index (χ0) is 19.7. The summed E-state index contributed by atoms with van der Waals surface area (Å²) in [5.41, 5.74) is 1.22. The molecule has 2 heterocycles. The van der Waals surface area contributed by atoms with Crippen molar-refractivity contribution in [1.82, 2.24) is 4.57 Å². The van der Waals surface area contributed by atoms with Crippen molar-refractivity contribution in [3.63, 3.8) is 0 Å². The molecular weight excluding hydrogens is 380 g/mol. The number of thiazole rings is 1. The minimum atomic E-state index is -0.565. The molecule has 28 heavy (non-hydrogen) atoms. The van der Waals surface area contributed by atoms with Gasteiger partial charge in [0.2, 0.25) is 6.79 Å². The van der Waals surface area contributed by atoms with Gasteiger partial charge in [0.25, 0.3) is 5.91 Å². The molecule has 1 aliphatic rings. The van der Waals surface area contributed by atoms with Gasteiger partial charge in [-0.2, -0.15) is 4.99 Å². The molecule has 0 saturated heterocycles. The number of benzene rings is 2. The van der Waals surface area contributed by atoms with Crippen molar-refractivity contribution >= 4 is 33.4 Å². The second-order valence-electron chi connectivity index (χ2n) is 6.15. The summed E-state index contributed by atoms with van der Waals surface area (Å²) in [7, 11) is 1.36. The first-order chi connectivity index (χ1) is 13.6. The lowest BCUT2D eigenvalue weighted by atomic mass is 10.2. The average molecular weight is 398 g/mol. The third-order valence-electron chi connectivity index (χ3n) is 4.52. The number of amides is 1. The fraction of sp³-hybridized carbons (Fsp3) is 0.250. The maximum absolute atomic E-state index is 12.8. The molecule has 8 heteroatoms. The van der Waals surface area contributed by atoms with Crippen LogP contribution in [0.5, 0.6) is 11.5 Å². The standard InChI is InChI=1S/C20H18N2O5S/c1-3-13(19(24)25-2)22-14-6-4-5-7-17(14)28-20(22)21-18(23)12-8-9-15-16(10-12)27-11-26-15/h4-10,13H,3,11H2,1-2H3. The highest BCUT2D eigenvalue weighted by Gasteiger charge is 2.23. The van der Waals surface area contributed by atoms with Gasteiger partial charge in [-0.3, -0.25) is 4.79 Å². The quantitative estimate of drug-likeness (QED) is 0.630. The minimum absolute atomic E-state index is 0.137. The number of carbonyl (C=O) groups excluding carboxylic acids is 2. The van der Waals surface area contributed by atoms with Gasteiger partial charge in [-0.05, 0) is 36.8 Å². The highest BCUT2D eigenvalue weighted by atomic mass is 32.1. The first-order valence-electron chi connectivity index (χ1n) is 8.79. The first kappa shape index (κ1) is 18.2. The summed E-state index contributed by atoms with van der Waals surface area (Å²) in [6.45, 7) is 2.03. The Morgan fingerprint density at radius 2 is 2.00 bits per heavy atom. The fourth-order valence-corrected chi connectivity index (χ4v) is 4.21. The maximum Gasteiger partial charge on any atom is 0.328 e. The maximum atomic E-state index is 12.8. The van der Waals surface area contributed by atoms with Gasteiger partial charge in [-0.25, -0.2) is 4.79 Å². The SMILES string of the molecule is CCC(C(=O)OC)n1c(=NC(=O)c2ccc3c(c2)OCO3)sc2ccccc21. The van der Waals surface area contributed by atoms with Crippen LogP contribution < -0.4 is 14.3 Å². The second-order valence-corrected chi connectivity index (χ2v) is 7.16. The number of fused-ring (bicyclic) bond motifs is 2. The molecule has 0 spiro atoms. The van der Waals surface area contributed by atoms with E-state index in [-0.39, 0.29) is 12.8 Å². The summed E-state index contributed by atoms with van der Waals surface area (Å²) < 4.78 is 18.3. The van der Waals surface area contributed by atoms with E-state index in [1.165, 1.54) is 18.4 Å². The van der Waals surface area contributed by atoms with Crippen molar-refractivity contribution < 1.29 is 23.8 Å². The smallest absolute Gasteiger partial charge is 0.328 e. The lowest BCUT2D eigenvalue weighted by molar-refractivity contribution is -0.144. The Morgan fingerprint density at radius 3 is 2.79 bits per heavy atom. The van der Waals surface area contributed by atoms with E-state index in [1.54, 1.807) is 22.8 Å². The molecule has 1 aliphatic heterocycles. The summed E-state index contributed by atoms with van der Waals surface area (Å²) in [5.74, 6) is 0.331. The monoisotopic (exact) mass is 398 g/mol. The Morgan fingerprint density at radius 1 is 1.21 bits per heavy atom. The zero-order valence-corrected chi connectivity index (χ0v) is 16.2. The molecule has 1 amide bonds. The van der Waals surface area contributed by atoms with Crippen molar-refractivity contribution in [3.05, 3.63) is 52.8 Å². The van der Waals surface area contributed by atoms with Gasteiger partial charge in [-0.1, -0.05) is 30.4 Å². The molecule has 0 aliphatic carbocycles. The summed E-state index contributed by atoms with van der Waals surface area (Å²) in [6.07, 6.45) is 0.513. The van der Waals surface area contributed by atoms with Crippen LogP contribution in [-0.4, -0.2) is 30.3 Å². The fourth-order valence-electron chi connectivity index (χ4n) is 3.14. The van der Waals surface area contributed by atoms with Crippen LogP contribution >= 0.6 is 11.3 Å². The van der Waals surface area contributed by atoms with E-state index in [4.69, 9.17) is 14.2 Å². The Balaban J connectivity index is 1.84. The average Bonchev–Trinajstić information content (AvgIpc) is 3.32. The van der Waals surface area contributed by atoms with E-state index in [0.29, 0.717) is 28.3 Å². The van der Waals surface area contributed by atoms with Gasteiger partial charge < -0.3 is 18.8 Å². The summed E-state index contributed by atoms with van der Waals surface area (Å²) in [4.78, 5) is 29.9. The molecule has 0 saturated carbocycles. The zero-order valence-electron chi connectivity index (χ0n) is 15.4. The predicted molar refractivity (Wildman–Crippen MR) is 104 cm³/mol. The molecule has 3 aromatic rings. The molecule has 0 bridgehead atoms. The number of aromatic nitrogens is 1. The topological polar surface area (TPSA) is 79.1 Å². The third kappa shape index (κ3) is 3.16. The number of para-hydroxylation sites is 1. The summed E-state index contributed by atoms with van der Waals surface area (Å²) in [5, 5.41) is 0. The molecule has 0 radical (unpaired) electrons. The number of carbonyl (C=O) groups is 2. The largest absolute Gasteiger partial charge is 0.467 e. The minimum Gasteiger partial charge on any atom is -0.467 e. The number of methoxy groups -OCH3 is 1. The van der Waals surface area contributed by atoms with Crippen molar-refractivity contribution in [2.24, 2.45) is 4.99 Å². The van der Waals surface area contributed by atoms with Crippen LogP contribution in [0.1, 0.15) is 29.7 Å². The molecular formula is C20H18N2O5S. The highest BCUT2D eigenvalue weighted by molar-refractivity contribution is 7.16. The molecule has 1 unspecified atom stereocenters. The highest BCUT2D eigenvalue weighted by Crippen LogP contribution is 2.32. The Kier molecular flexibility index (Phi) is 4.87. The van der Waals surface area contributed by atoms with E-state index in [9.17, 15) is 9.59 Å². The number of ether oxygens (including phenoxy) is 3. The number of rotatable bonds is 4. The molecule has 0 fully saturated rings. The lowest BCUT2D eigenvalue weighted by Gasteiger charge is -2.15. The van der Waals surface area contributed by atoms with Crippen LogP contribution in [0.3, 0.4) is 0 Å². The molecule has 144 valence electrons. The van der Waals surface area contributed by atoms with Crippen LogP contribution in [0.2, 0.25) is 0 Å². The third-order valence-corrected chi connectivity index (χ3v) is 5.56. The molecule has 2 aromatic carbocycles. The summed E-state index contributed by atoms with van der Waals surface area (Å²) >= 11 is 1.36. The van der Waals surface area contributed by atoms with Crippen LogP contribution in [0.15, 0.2) is 47.5 Å². The van der Waals surface area contributed by atoms with Crippen LogP contribution in [0, 0.1) is 0 Å². The Bertz CT molecular complexity index is 1130. The van der Waals surface area contributed by atoms with E-state index in [2.05, 4.69) is 4.99 Å². The molecule has 1 aromatic heterocycles. The van der Waals surface area contributed by atoms with Gasteiger partial charge in [0, 0.05) is 5.56 Å². The van der Waals surface area contributed by atoms with Crippen LogP contribution in [-0.2, 0) is 9.53 Å². The predicted octanol–water partition coefficient (Wildman–Crippen LogP) is 3.30. The Labute approximate surface area is 164 Å². The molecule has 4 rings (SSSR count). The number of esters is 1. The van der Waals surface area contributed by atoms with Crippen molar-refractivity contribution in [2.45, 2.75) is 19.4 Å². The van der Waals surface area contributed by atoms with Crippen molar-refractivity contribution in [1.29, 1.82) is 0 Å². The normalized spacial score (nSPS) is 14.3. The second kappa shape index (κ2) is 7.47. The summed E-state index contributed by atoms with van der Waals surface area (Å²) in [6, 6.07) is 12.0. The van der Waals surface area contributed by atoms with Gasteiger partial charge >= 0.3 is 5.97 Å². The molecule has 0 N–H and O–H groups in total. The van der Waals surface area contributed by atoms with Gasteiger partial charge in [-0.15, -0.1) is 0 Å². The lowest BCUT2D eigenvalue weighted by Crippen LogP contribution is -2.28. The Hall–Kier alpha value is -3.13. The molecule has 7 nitrogen and oxygen atoms in total. The van der Waals surface area contributed by atoms with Gasteiger partial charge in [0.15, 0.2) is 16.3 Å². The van der Waals surface area contributed by atoms with Gasteiger partial charge in [0.05, 0.1) is 17.3 Å². The van der Waals surface area contributed by atoms with Crippen LogP contribution in [0.25, 0.3) is 10.2 Å². The molecule has 1 atom stereocenters. The van der Waals surface area contributed by atoms with Crippen LogP contribution in [0.4, 0.5) is 0 Å². The number of hydrogen-bond donors (Lipinski definition) is 0. The van der Waals surface area contributed by atoms with Crippen molar-refractivity contribution in [2.75, 3.05) is 13.9 Å². The van der Waals surface area contributed by atoms with Gasteiger partial charge in [0.1, 0.15) is 6.04 Å². The van der Waals surface area contributed by atoms with E-state index in [0.717, 1.165) is 10.2 Å². The number of nitrogens with zero attached hydrogens (tertiary/aromatic N) is 2. The van der Waals surface area contributed by atoms with Crippen molar-refractivity contribution in [3.8, 4) is 11.5 Å². The van der Waals surface area contributed by atoms with E-state index < -0.39 is 11.9 Å². The first-order valence-corrected chi connectivity index (χ1v) is 9.60. The van der Waals surface area contributed by atoms with E-state index >= 15 is 0 Å². The van der Waals surface area contributed by atoms with E-state index in [1.807, 2.05) is 31.2 Å². The number of hydrogen-bond acceptors (Lipinski definition) is 6.